The van der Waals surface area contributed by atoms with E-state index < -0.39 is 18.3 Å². The van der Waals surface area contributed by atoms with Crippen molar-refractivity contribution < 1.29 is 18.3 Å². The lowest BCUT2D eigenvalue weighted by atomic mass is 10.1. The fourth-order valence-electron chi connectivity index (χ4n) is 1.07. The number of pyridine rings is 1. The van der Waals surface area contributed by atoms with Gasteiger partial charge in [-0.1, -0.05) is 6.92 Å². The summed E-state index contributed by atoms with van der Waals surface area (Å²) in [5.41, 5.74) is 0.419. The van der Waals surface area contributed by atoms with Crippen LogP contribution in [-0.4, -0.2) is 24.5 Å². The van der Waals surface area contributed by atoms with Crippen molar-refractivity contribution in [3.63, 3.8) is 0 Å². The summed E-state index contributed by atoms with van der Waals surface area (Å²) in [6.07, 6.45) is -1.18. The second kappa shape index (κ2) is 4.82. The number of hydrogen-bond donors (Lipinski definition) is 0. The van der Waals surface area contributed by atoms with Crippen LogP contribution in [0.5, 0.6) is 0 Å². The molecule has 0 aromatic carbocycles. The Morgan fingerprint density at radius 3 is 2.73 bits per heavy atom. The molecular weight excluding hydrogens is 204 g/mol. The monoisotopic (exact) mass is 215 g/mol. The van der Waals surface area contributed by atoms with Gasteiger partial charge in [-0.05, 0) is 12.1 Å². The van der Waals surface area contributed by atoms with Crippen molar-refractivity contribution in [2.45, 2.75) is 19.3 Å². The molecule has 0 amide bonds. The van der Waals surface area contributed by atoms with Gasteiger partial charge in [-0.2, -0.15) is 0 Å². The Bertz CT molecular complexity index is 355. The largest absolute Gasteiger partial charge is 0.465 e. The Morgan fingerprint density at radius 1 is 1.53 bits per heavy atom. The predicted octanol–water partition coefficient (Wildman–Crippen LogP) is 2.24. The first-order valence-electron chi connectivity index (χ1n) is 4.38. The van der Waals surface area contributed by atoms with E-state index >= 15 is 0 Å². The third-order valence-electron chi connectivity index (χ3n) is 2.05. The van der Waals surface area contributed by atoms with Gasteiger partial charge in [-0.25, -0.2) is 13.6 Å². The van der Waals surface area contributed by atoms with E-state index in [4.69, 9.17) is 0 Å². The van der Waals surface area contributed by atoms with Gasteiger partial charge in [0, 0.05) is 11.9 Å². The molecule has 0 bridgehead atoms. The maximum atomic E-state index is 12.4. The first kappa shape index (κ1) is 11.6. The number of carbonyl (C=O) groups excluding carboxylic acids is 1. The minimum Gasteiger partial charge on any atom is -0.465 e. The molecule has 0 aliphatic carbocycles. The van der Waals surface area contributed by atoms with Crippen LogP contribution in [0.25, 0.3) is 0 Å². The summed E-state index contributed by atoms with van der Waals surface area (Å²) in [4.78, 5) is 14.9. The van der Waals surface area contributed by atoms with Crippen LogP contribution in [0.3, 0.4) is 0 Å². The molecule has 15 heavy (non-hydrogen) atoms. The summed E-state index contributed by atoms with van der Waals surface area (Å²) in [6.45, 7) is 1.36. The first-order valence-corrected chi connectivity index (χ1v) is 4.38. The van der Waals surface area contributed by atoms with Crippen LogP contribution in [-0.2, 0) is 4.74 Å². The van der Waals surface area contributed by atoms with Crippen molar-refractivity contribution in [1.29, 1.82) is 0 Å². The Labute approximate surface area is 86.1 Å². The molecule has 5 heteroatoms. The SMILES string of the molecule is COC(=O)c1ccnc(C(C)C(F)F)c1. The number of rotatable bonds is 3. The molecule has 0 fully saturated rings. The second-order valence-electron chi connectivity index (χ2n) is 3.08. The summed E-state index contributed by atoms with van der Waals surface area (Å²) in [5, 5.41) is 0. The first-order chi connectivity index (χ1) is 7.06. The summed E-state index contributed by atoms with van der Waals surface area (Å²) < 4.78 is 29.2. The molecule has 0 saturated heterocycles. The molecule has 1 aromatic rings. The highest BCUT2D eigenvalue weighted by Gasteiger charge is 2.19. The van der Waals surface area contributed by atoms with Crippen LogP contribution in [0, 0.1) is 0 Å². The van der Waals surface area contributed by atoms with Crippen LogP contribution in [0.1, 0.15) is 28.9 Å². The minimum absolute atomic E-state index is 0.188. The Hall–Kier alpha value is -1.52. The molecule has 1 unspecified atom stereocenters. The van der Waals surface area contributed by atoms with E-state index in [9.17, 15) is 13.6 Å². The van der Waals surface area contributed by atoms with Crippen molar-refractivity contribution in [3.8, 4) is 0 Å². The van der Waals surface area contributed by atoms with Gasteiger partial charge in [0.2, 0.25) is 6.43 Å². The summed E-state index contributed by atoms with van der Waals surface area (Å²) >= 11 is 0. The van der Waals surface area contributed by atoms with Gasteiger partial charge < -0.3 is 4.74 Å². The highest BCUT2D eigenvalue weighted by Crippen LogP contribution is 2.21. The van der Waals surface area contributed by atoms with E-state index in [0.29, 0.717) is 0 Å². The van der Waals surface area contributed by atoms with E-state index in [1.54, 1.807) is 0 Å². The predicted molar refractivity (Wildman–Crippen MR) is 50.0 cm³/mol. The zero-order valence-electron chi connectivity index (χ0n) is 8.41. The fraction of sp³-hybridized carbons (Fsp3) is 0.400. The quantitative estimate of drug-likeness (QED) is 0.726. The molecule has 0 N–H and O–H groups in total. The number of halogens is 2. The minimum atomic E-state index is -2.50. The zero-order chi connectivity index (χ0) is 11.4. The van der Waals surface area contributed by atoms with Crippen molar-refractivity contribution in [1.82, 2.24) is 4.98 Å². The number of aromatic nitrogens is 1. The Kier molecular flexibility index (Phi) is 3.71. The van der Waals surface area contributed by atoms with E-state index in [0.717, 1.165) is 0 Å². The summed E-state index contributed by atoms with van der Waals surface area (Å²) in [7, 11) is 1.24. The summed E-state index contributed by atoms with van der Waals surface area (Å²) in [6, 6.07) is 2.75. The number of hydrogen-bond acceptors (Lipinski definition) is 3. The molecule has 1 atom stereocenters. The average molecular weight is 215 g/mol. The van der Waals surface area contributed by atoms with E-state index in [2.05, 4.69) is 9.72 Å². The lowest BCUT2D eigenvalue weighted by Gasteiger charge is -2.09. The number of nitrogens with zero attached hydrogens (tertiary/aromatic N) is 1. The maximum Gasteiger partial charge on any atom is 0.337 e. The van der Waals surface area contributed by atoms with Crippen LogP contribution >= 0.6 is 0 Å². The van der Waals surface area contributed by atoms with Crippen molar-refractivity contribution >= 4 is 5.97 Å². The van der Waals surface area contributed by atoms with Gasteiger partial charge >= 0.3 is 5.97 Å². The number of methoxy groups -OCH3 is 1. The lowest BCUT2D eigenvalue weighted by Crippen LogP contribution is -2.09. The molecule has 0 spiro atoms. The zero-order valence-corrected chi connectivity index (χ0v) is 8.41. The van der Waals surface area contributed by atoms with Crippen LogP contribution < -0.4 is 0 Å². The fourth-order valence-corrected chi connectivity index (χ4v) is 1.07. The van der Waals surface area contributed by atoms with Gasteiger partial charge in [-0.15, -0.1) is 0 Å². The molecule has 0 aliphatic rings. The van der Waals surface area contributed by atoms with E-state index in [1.807, 2.05) is 0 Å². The number of alkyl halides is 2. The lowest BCUT2D eigenvalue weighted by molar-refractivity contribution is 0.0599. The standard InChI is InChI=1S/C10H11F2NO2/c1-6(9(11)12)8-5-7(3-4-13-8)10(14)15-2/h3-6,9H,1-2H3. The van der Waals surface area contributed by atoms with Crippen molar-refractivity contribution in [2.24, 2.45) is 0 Å². The Balaban J connectivity index is 2.97. The van der Waals surface area contributed by atoms with Crippen molar-refractivity contribution in [2.75, 3.05) is 7.11 Å². The second-order valence-corrected chi connectivity index (χ2v) is 3.08. The molecule has 1 rings (SSSR count). The van der Waals surface area contributed by atoms with Gasteiger partial charge in [0.25, 0.3) is 0 Å². The van der Waals surface area contributed by atoms with Crippen LogP contribution in [0.15, 0.2) is 18.3 Å². The van der Waals surface area contributed by atoms with E-state index in [-0.39, 0.29) is 11.3 Å². The number of esters is 1. The third kappa shape index (κ3) is 2.71. The molecule has 82 valence electrons. The highest BCUT2D eigenvalue weighted by molar-refractivity contribution is 5.89. The topological polar surface area (TPSA) is 39.2 Å². The molecule has 0 saturated carbocycles. The molecule has 3 nitrogen and oxygen atoms in total. The summed E-state index contributed by atoms with van der Waals surface area (Å²) in [5.74, 6) is -1.55. The van der Waals surface area contributed by atoms with Crippen LogP contribution in [0.2, 0.25) is 0 Å². The smallest absolute Gasteiger partial charge is 0.337 e. The van der Waals surface area contributed by atoms with Gasteiger partial charge in [0.05, 0.1) is 18.6 Å². The number of carbonyl (C=O) groups is 1. The highest BCUT2D eigenvalue weighted by atomic mass is 19.3. The molecule has 1 aromatic heterocycles. The molecular formula is C10H11F2NO2. The van der Waals surface area contributed by atoms with E-state index in [1.165, 1.54) is 32.4 Å². The van der Waals surface area contributed by atoms with Gasteiger partial charge in [0.15, 0.2) is 0 Å². The normalized spacial score (nSPS) is 12.6. The molecule has 0 aliphatic heterocycles. The molecule has 0 radical (unpaired) electrons. The van der Waals surface area contributed by atoms with Gasteiger partial charge in [-0.3, -0.25) is 4.98 Å². The third-order valence-corrected chi connectivity index (χ3v) is 2.05. The molecule has 1 heterocycles. The maximum absolute atomic E-state index is 12.4. The Morgan fingerprint density at radius 2 is 2.20 bits per heavy atom. The van der Waals surface area contributed by atoms with Crippen molar-refractivity contribution in [3.05, 3.63) is 29.6 Å². The average Bonchev–Trinajstić information content (AvgIpc) is 2.27. The number of ether oxygens (including phenoxy) is 1. The van der Waals surface area contributed by atoms with Gasteiger partial charge in [0.1, 0.15) is 0 Å². The van der Waals surface area contributed by atoms with Crippen LogP contribution in [0.4, 0.5) is 8.78 Å².